The maximum atomic E-state index is 4.98. The van der Waals surface area contributed by atoms with Crippen LogP contribution < -0.4 is 36.5 Å². The van der Waals surface area contributed by atoms with Crippen LogP contribution in [0.1, 0.15) is 0 Å². The van der Waals surface area contributed by atoms with E-state index in [-0.39, 0.29) is 0 Å². The summed E-state index contributed by atoms with van der Waals surface area (Å²) in [4.78, 5) is 9.95. The Kier molecular flexibility index (Phi) is 3.99. The maximum Gasteiger partial charge on any atom is 0.770 e. The summed E-state index contributed by atoms with van der Waals surface area (Å²) in [7, 11) is 0. The van der Waals surface area contributed by atoms with Gasteiger partial charge in [0.1, 0.15) is 33.3 Å². The molecule has 16 heterocycles. The van der Waals surface area contributed by atoms with Gasteiger partial charge in [-0.25, -0.2) is 9.97 Å². The van der Waals surface area contributed by atoms with E-state index in [0.29, 0.717) is 0 Å². The summed E-state index contributed by atoms with van der Waals surface area (Å²) in [5.41, 5.74) is 20.9. The van der Waals surface area contributed by atoms with Gasteiger partial charge in [-0.15, -0.1) is 0 Å². The van der Waals surface area contributed by atoms with Gasteiger partial charge in [-0.1, -0.05) is 0 Å². The highest BCUT2D eigenvalue weighted by molar-refractivity contribution is 6.04. The molecule has 10 nitrogen and oxygen atoms in total. The number of hydrogen-bond donors (Lipinski definition) is 0. The Labute approximate surface area is 337 Å². The number of nitrogens with zero attached hydrogens (tertiary/aromatic N) is 10. The molecule has 12 aromatic rings. The Bertz CT molecular complexity index is 4040. The molecule has 6 aliphatic heterocycles. The van der Waals surface area contributed by atoms with Gasteiger partial charge in [0, 0.05) is 88.3 Å². The normalized spacial score (nSPS) is 19.1. The number of benzene rings is 2. The first-order valence-electron chi connectivity index (χ1n) is 20.6. The van der Waals surface area contributed by atoms with Crippen LogP contribution in [0.4, 0.5) is 0 Å². The molecular weight excluding hydrogens is 741 g/mol. The summed E-state index contributed by atoms with van der Waals surface area (Å²) in [6, 6.07) is 45.5. The van der Waals surface area contributed by atoms with Crippen molar-refractivity contribution in [1.82, 2.24) is 9.97 Å². The largest absolute Gasteiger partial charge is 0.770 e. The molecule has 2 atom stereocenters. The standard InChI is InChI=1S/C50H26N10/c1-3-35-45-31(17-21-51-35)37-13-9-27-5-7-29-11-15-39-33-20-26-56-48-34(19-25-55(47(33)48)49(53(45)23-1)57(37)41(27)43(29)59(39)49)40-16-12-30-8-6-28-10-14-38-32-18-22-52-36-4-2-24-54(46(32)36)50(56)58(38)42(28)44(30)60(40)50/h1-26H/q+8/t49-,50?/m0/s1. The fraction of sp³-hybridized carbons (Fsp3) is 0.0400. The van der Waals surface area contributed by atoms with Crippen LogP contribution in [0, 0.1) is 0 Å². The monoisotopic (exact) mass is 766 g/mol. The molecule has 0 saturated heterocycles. The van der Waals surface area contributed by atoms with Crippen LogP contribution in [0.2, 0.25) is 0 Å². The Morgan fingerprint density at radius 1 is 0.300 bits per heavy atom. The second-order valence-corrected chi connectivity index (χ2v) is 17.1. The summed E-state index contributed by atoms with van der Waals surface area (Å²) in [6.45, 7) is 0. The first-order chi connectivity index (χ1) is 29.8. The molecule has 1 unspecified atom stereocenters. The second-order valence-electron chi connectivity index (χ2n) is 17.1. The molecule has 0 radical (unpaired) electrons. The SMILES string of the molecule is c1cc2nccc3c2[n+](c1)C12[n+]4ccc5c6c4c(cc[n+]6[C@]46[n+]7cccc8nccc(c87)-c7ccc8ccc9ccc-5[n+]4c9c8[n+]76)-c4ccc5ccc6ccc-3[n+]1c6c5[n+]42. The zero-order chi connectivity index (χ0) is 38.1. The van der Waals surface area contributed by atoms with E-state index >= 15 is 0 Å². The van der Waals surface area contributed by atoms with Gasteiger partial charge in [-0.3, -0.25) is 0 Å². The third kappa shape index (κ3) is 2.45. The van der Waals surface area contributed by atoms with Crippen molar-refractivity contribution in [3.63, 3.8) is 0 Å². The Morgan fingerprint density at radius 3 is 1.02 bits per heavy atom. The number of aromatic nitrogens is 10. The summed E-state index contributed by atoms with van der Waals surface area (Å²) >= 11 is 0. The van der Waals surface area contributed by atoms with Gasteiger partial charge in [0.15, 0.2) is 24.8 Å². The quantitative estimate of drug-likeness (QED) is 0.174. The summed E-state index contributed by atoms with van der Waals surface area (Å²) in [5.74, 6) is -1.76. The van der Waals surface area contributed by atoms with Crippen molar-refractivity contribution in [1.29, 1.82) is 0 Å². The fourth-order valence-electron chi connectivity index (χ4n) is 13.0. The first-order valence-corrected chi connectivity index (χ1v) is 20.6. The van der Waals surface area contributed by atoms with E-state index in [9.17, 15) is 0 Å². The molecule has 18 rings (SSSR count). The van der Waals surface area contributed by atoms with Crippen molar-refractivity contribution in [3.05, 3.63) is 159 Å². The van der Waals surface area contributed by atoms with Crippen LogP contribution in [-0.4, -0.2) is 9.97 Å². The minimum absolute atomic E-state index is 0.879. The molecule has 60 heavy (non-hydrogen) atoms. The molecule has 0 aliphatic carbocycles. The molecule has 2 spiro atoms. The van der Waals surface area contributed by atoms with Crippen LogP contribution in [0.15, 0.2) is 159 Å². The maximum absolute atomic E-state index is 4.98. The van der Waals surface area contributed by atoms with Crippen molar-refractivity contribution >= 4 is 76.7 Å². The van der Waals surface area contributed by atoms with Crippen LogP contribution in [0.25, 0.3) is 122 Å². The molecule has 6 aliphatic rings. The van der Waals surface area contributed by atoms with Crippen LogP contribution in [0.5, 0.6) is 0 Å². The molecule has 10 aromatic heterocycles. The average Bonchev–Trinajstić information content (AvgIpc) is 3.82. The van der Waals surface area contributed by atoms with Gasteiger partial charge in [-0.05, 0) is 81.9 Å². The number of rotatable bonds is 0. The summed E-state index contributed by atoms with van der Waals surface area (Å²) in [5, 5.41) is 4.86. The van der Waals surface area contributed by atoms with Crippen molar-refractivity contribution in [2.45, 2.75) is 11.8 Å². The molecule has 0 N–H and O–H groups in total. The van der Waals surface area contributed by atoms with Crippen LogP contribution >= 0.6 is 0 Å². The van der Waals surface area contributed by atoms with E-state index in [1.165, 1.54) is 99.7 Å². The molecule has 0 amide bonds. The van der Waals surface area contributed by atoms with Gasteiger partial charge in [0.25, 0.3) is 11.0 Å². The Morgan fingerprint density at radius 2 is 0.633 bits per heavy atom. The van der Waals surface area contributed by atoms with E-state index in [1.54, 1.807) is 0 Å². The van der Waals surface area contributed by atoms with Crippen LogP contribution in [-0.2, 0) is 11.8 Å². The molecule has 0 saturated carbocycles. The predicted octanol–water partition coefficient (Wildman–Crippen LogP) is 3.82. The van der Waals surface area contributed by atoms with Gasteiger partial charge in [0.05, 0.1) is 21.5 Å². The molecule has 2 aromatic carbocycles. The molecule has 0 bridgehead atoms. The third-order valence-corrected chi connectivity index (χ3v) is 14.9. The fourth-order valence-corrected chi connectivity index (χ4v) is 13.0. The van der Waals surface area contributed by atoms with E-state index in [4.69, 9.17) is 9.97 Å². The molecule has 0 fully saturated rings. The molecule has 10 heteroatoms. The Hall–Kier alpha value is -8.24. The van der Waals surface area contributed by atoms with E-state index in [1.807, 2.05) is 12.4 Å². The number of pyridine rings is 10. The van der Waals surface area contributed by atoms with Gasteiger partial charge in [-0.2, -0.15) is 0 Å². The number of fused-ring (bicyclic) bond motifs is 4. The Balaban J connectivity index is 1.12. The molecular formula is C50H26N10+8. The lowest BCUT2D eigenvalue weighted by molar-refractivity contribution is -1.30. The lowest BCUT2D eigenvalue weighted by Gasteiger charge is -2.23. The van der Waals surface area contributed by atoms with Gasteiger partial charge in [0.2, 0.25) is 22.8 Å². The van der Waals surface area contributed by atoms with Crippen LogP contribution in [0.3, 0.4) is 0 Å². The highest BCUT2D eigenvalue weighted by Crippen LogP contribution is 2.44. The average molecular weight is 767 g/mol. The summed E-state index contributed by atoms with van der Waals surface area (Å²) < 4.78 is 20.6. The zero-order valence-electron chi connectivity index (χ0n) is 31.5. The number of hydrogen-bond acceptors (Lipinski definition) is 2. The lowest BCUT2D eigenvalue weighted by Crippen LogP contribution is -2.99. The highest BCUT2D eigenvalue weighted by atomic mass is 15.6. The zero-order valence-corrected chi connectivity index (χ0v) is 31.5. The summed E-state index contributed by atoms with van der Waals surface area (Å²) in [6.07, 6.45) is 13.2. The van der Waals surface area contributed by atoms with Crippen molar-refractivity contribution in [2.75, 3.05) is 0 Å². The minimum atomic E-state index is -0.879. The third-order valence-electron chi connectivity index (χ3n) is 14.9. The lowest BCUT2D eigenvalue weighted by atomic mass is 9.97. The topological polar surface area (TPSA) is 56.8 Å². The van der Waals surface area contributed by atoms with Crippen molar-refractivity contribution in [3.8, 4) is 45.0 Å². The van der Waals surface area contributed by atoms with Crippen molar-refractivity contribution < 1.29 is 36.5 Å². The van der Waals surface area contributed by atoms with Gasteiger partial charge < -0.3 is 0 Å². The van der Waals surface area contributed by atoms with E-state index in [2.05, 4.69) is 183 Å². The molecule has 268 valence electrons. The van der Waals surface area contributed by atoms with E-state index in [0.717, 1.165) is 22.1 Å². The minimum Gasteiger partial charge on any atom is -0.250 e. The van der Waals surface area contributed by atoms with E-state index < -0.39 is 11.8 Å². The first kappa shape index (κ1) is 28.2. The van der Waals surface area contributed by atoms with Gasteiger partial charge >= 0.3 is 44.9 Å². The van der Waals surface area contributed by atoms with Crippen molar-refractivity contribution in [2.24, 2.45) is 0 Å². The predicted molar refractivity (Wildman–Crippen MR) is 216 cm³/mol. The highest BCUT2D eigenvalue weighted by Gasteiger charge is 2.86. The second kappa shape index (κ2) is 8.48. The smallest absolute Gasteiger partial charge is 0.250 e.